The average Bonchev–Trinajstić information content (AvgIpc) is 2.60. The molecule has 1 aromatic rings. The minimum absolute atomic E-state index is 0.259. The van der Waals surface area contributed by atoms with E-state index in [1.165, 1.54) is 28.4 Å². The number of hydrogen-bond donors (Lipinski definition) is 2. The van der Waals surface area contributed by atoms with Gasteiger partial charge in [-0.05, 0) is 39.5 Å². The Morgan fingerprint density at radius 1 is 1.62 bits per heavy atom. The first-order valence-electron chi connectivity index (χ1n) is 6.04. The number of rotatable bonds is 4. The Labute approximate surface area is 101 Å². The van der Waals surface area contributed by atoms with Gasteiger partial charge in [0.1, 0.15) is 0 Å². The van der Waals surface area contributed by atoms with Gasteiger partial charge in [-0.15, -0.1) is 11.3 Å². The van der Waals surface area contributed by atoms with Gasteiger partial charge < -0.3 is 10.4 Å². The minimum Gasteiger partial charge on any atom is -0.396 e. The van der Waals surface area contributed by atoms with Crippen LogP contribution in [-0.4, -0.2) is 22.7 Å². The van der Waals surface area contributed by atoms with Crippen molar-refractivity contribution >= 4 is 11.3 Å². The highest BCUT2D eigenvalue weighted by Crippen LogP contribution is 2.34. The summed E-state index contributed by atoms with van der Waals surface area (Å²) in [7, 11) is 0. The van der Waals surface area contributed by atoms with E-state index in [-0.39, 0.29) is 6.61 Å². The molecule has 1 aliphatic carbocycles. The summed E-state index contributed by atoms with van der Waals surface area (Å²) >= 11 is 1.82. The van der Waals surface area contributed by atoms with Crippen LogP contribution in [-0.2, 0) is 6.42 Å². The van der Waals surface area contributed by atoms with Gasteiger partial charge in [0.15, 0.2) is 0 Å². The number of aryl methyl sites for hydroxylation is 2. The van der Waals surface area contributed by atoms with Gasteiger partial charge in [-0.1, -0.05) is 0 Å². The summed E-state index contributed by atoms with van der Waals surface area (Å²) in [5.41, 5.74) is 1.29. The van der Waals surface area contributed by atoms with Gasteiger partial charge in [0, 0.05) is 23.6 Å². The van der Waals surface area contributed by atoms with Crippen LogP contribution in [0.4, 0.5) is 0 Å². The summed E-state index contributed by atoms with van der Waals surface area (Å²) in [6.45, 7) is 4.48. The van der Waals surface area contributed by atoms with Gasteiger partial charge in [0.2, 0.25) is 0 Å². The predicted molar refractivity (Wildman–Crippen MR) is 66.8 cm³/mol. The van der Waals surface area contributed by atoms with Crippen LogP contribution in [0.1, 0.15) is 47.8 Å². The first-order chi connectivity index (χ1) is 7.70. The Bertz CT molecular complexity index is 351. The lowest BCUT2D eigenvalue weighted by Gasteiger charge is -2.25. The number of hydrogen-bond acceptors (Lipinski definition) is 4. The Morgan fingerprint density at radius 3 is 3.19 bits per heavy atom. The molecule has 90 valence electrons. The summed E-state index contributed by atoms with van der Waals surface area (Å²) in [5.74, 6) is 0. The van der Waals surface area contributed by atoms with Gasteiger partial charge in [0.05, 0.1) is 10.7 Å². The molecule has 0 amide bonds. The molecule has 0 fully saturated rings. The van der Waals surface area contributed by atoms with Crippen LogP contribution < -0.4 is 5.32 Å². The van der Waals surface area contributed by atoms with Crippen molar-refractivity contribution in [2.45, 2.75) is 51.6 Å². The first kappa shape index (κ1) is 12.0. The maximum atomic E-state index is 8.92. The maximum Gasteiger partial charge on any atom is 0.0900 e. The Morgan fingerprint density at radius 2 is 2.44 bits per heavy atom. The third-order valence-electron chi connectivity index (χ3n) is 3.11. The second kappa shape index (κ2) is 5.25. The van der Waals surface area contributed by atoms with Gasteiger partial charge in [-0.3, -0.25) is 0 Å². The molecule has 3 nitrogen and oxygen atoms in total. The molecule has 0 saturated heterocycles. The van der Waals surface area contributed by atoms with Gasteiger partial charge >= 0.3 is 0 Å². The molecule has 0 spiro atoms. The zero-order valence-electron chi connectivity index (χ0n) is 9.99. The number of thiazole rings is 1. The quantitative estimate of drug-likeness (QED) is 0.848. The van der Waals surface area contributed by atoms with E-state index in [0.717, 1.165) is 12.8 Å². The molecule has 0 aliphatic heterocycles. The van der Waals surface area contributed by atoms with E-state index < -0.39 is 0 Å². The second-order valence-corrected chi connectivity index (χ2v) is 5.80. The van der Waals surface area contributed by atoms with Crippen LogP contribution in [0.15, 0.2) is 0 Å². The highest BCUT2D eigenvalue weighted by atomic mass is 32.1. The van der Waals surface area contributed by atoms with E-state index in [9.17, 15) is 0 Å². The highest BCUT2D eigenvalue weighted by Gasteiger charge is 2.24. The summed E-state index contributed by atoms with van der Waals surface area (Å²) < 4.78 is 0. The molecule has 1 aliphatic rings. The average molecular weight is 240 g/mol. The van der Waals surface area contributed by atoms with E-state index in [0.29, 0.717) is 12.1 Å². The SMILES string of the molecule is Cc1nc2c(s1)C(NC(C)CCO)CCC2. The zero-order valence-corrected chi connectivity index (χ0v) is 10.8. The van der Waals surface area contributed by atoms with E-state index in [1.807, 2.05) is 11.3 Å². The van der Waals surface area contributed by atoms with E-state index >= 15 is 0 Å². The maximum absolute atomic E-state index is 8.92. The van der Waals surface area contributed by atoms with Crippen molar-refractivity contribution < 1.29 is 5.11 Å². The van der Waals surface area contributed by atoms with Crippen molar-refractivity contribution in [3.05, 3.63) is 15.6 Å². The van der Waals surface area contributed by atoms with Crippen LogP contribution in [0.3, 0.4) is 0 Å². The Kier molecular flexibility index (Phi) is 3.95. The van der Waals surface area contributed by atoms with Crippen LogP contribution >= 0.6 is 11.3 Å². The van der Waals surface area contributed by atoms with E-state index in [2.05, 4.69) is 24.1 Å². The van der Waals surface area contributed by atoms with E-state index in [1.54, 1.807) is 0 Å². The van der Waals surface area contributed by atoms with Gasteiger partial charge in [0.25, 0.3) is 0 Å². The molecule has 4 heteroatoms. The lowest BCUT2D eigenvalue weighted by molar-refractivity contribution is 0.260. The first-order valence-corrected chi connectivity index (χ1v) is 6.85. The summed E-state index contributed by atoms with van der Waals surface area (Å²) in [4.78, 5) is 6.01. The van der Waals surface area contributed by atoms with Crippen molar-refractivity contribution in [3.8, 4) is 0 Å². The molecule has 0 saturated carbocycles. The molecule has 2 rings (SSSR count). The summed E-state index contributed by atoms with van der Waals surface area (Å²) in [6, 6.07) is 0.833. The van der Waals surface area contributed by atoms with Crippen LogP contribution in [0.5, 0.6) is 0 Å². The second-order valence-electron chi connectivity index (χ2n) is 4.57. The highest BCUT2D eigenvalue weighted by molar-refractivity contribution is 7.11. The molecule has 1 aromatic heterocycles. The Balaban J connectivity index is 2.06. The van der Waals surface area contributed by atoms with Gasteiger partial charge in [-0.25, -0.2) is 4.98 Å². The van der Waals surface area contributed by atoms with Crippen LogP contribution in [0, 0.1) is 6.92 Å². The molecular weight excluding hydrogens is 220 g/mol. The van der Waals surface area contributed by atoms with Crippen molar-refractivity contribution in [2.24, 2.45) is 0 Å². The number of aliphatic hydroxyl groups excluding tert-OH is 1. The summed E-state index contributed by atoms with van der Waals surface area (Å²) in [5, 5.41) is 13.7. The van der Waals surface area contributed by atoms with Crippen molar-refractivity contribution in [1.82, 2.24) is 10.3 Å². The predicted octanol–water partition coefficient (Wildman–Crippen LogP) is 2.19. The molecular formula is C12H20N2OS. The number of aromatic nitrogens is 1. The fourth-order valence-corrected chi connectivity index (χ4v) is 3.39. The lowest BCUT2D eigenvalue weighted by Crippen LogP contribution is -2.32. The standard InChI is InChI=1S/C12H20N2OS/c1-8(6-7-15)13-10-4-3-5-11-12(10)16-9(2)14-11/h8,10,13,15H,3-7H2,1-2H3. The van der Waals surface area contributed by atoms with Crippen LogP contribution in [0.25, 0.3) is 0 Å². The molecule has 1 heterocycles. The topological polar surface area (TPSA) is 45.2 Å². The lowest BCUT2D eigenvalue weighted by atomic mass is 9.97. The Hall–Kier alpha value is -0.450. The molecule has 0 radical (unpaired) electrons. The summed E-state index contributed by atoms with van der Waals surface area (Å²) in [6.07, 6.45) is 4.37. The zero-order chi connectivity index (χ0) is 11.5. The van der Waals surface area contributed by atoms with Crippen LogP contribution in [0.2, 0.25) is 0 Å². The molecule has 2 unspecified atom stereocenters. The smallest absolute Gasteiger partial charge is 0.0900 e. The minimum atomic E-state index is 0.259. The third kappa shape index (κ3) is 2.62. The van der Waals surface area contributed by atoms with Crippen molar-refractivity contribution in [3.63, 3.8) is 0 Å². The number of nitrogens with one attached hydrogen (secondary N) is 1. The fourth-order valence-electron chi connectivity index (χ4n) is 2.32. The largest absolute Gasteiger partial charge is 0.396 e. The normalized spacial score (nSPS) is 21.8. The fraction of sp³-hybridized carbons (Fsp3) is 0.750. The molecule has 2 atom stereocenters. The monoisotopic (exact) mass is 240 g/mol. The van der Waals surface area contributed by atoms with Gasteiger partial charge in [-0.2, -0.15) is 0 Å². The number of fused-ring (bicyclic) bond motifs is 1. The third-order valence-corrected chi connectivity index (χ3v) is 4.23. The molecule has 0 bridgehead atoms. The van der Waals surface area contributed by atoms with Crippen molar-refractivity contribution in [1.29, 1.82) is 0 Å². The van der Waals surface area contributed by atoms with Crippen molar-refractivity contribution in [2.75, 3.05) is 6.61 Å². The molecule has 16 heavy (non-hydrogen) atoms. The number of aliphatic hydroxyl groups is 1. The molecule has 0 aromatic carbocycles. The number of nitrogens with zero attached hydrogens (tertiary/aromatic N) is 1. The van der Waals surface area contributed by atoms with E-state index in [4.69, 9.17) is 5.11 Å². The molecule has 2 N–H and O–H groups in total.